The third kappa shape index (κ3) is 3.23. The van der Waals surface area contributed by atoms with Gasteiger partial charge in [-0.3, -0.25) is 4.79 Å². The molecule has 0 radical (unpaired) electrons. The molecule has 98 valence electrons. The van der Waals surface area contributed by atoms with Gasteiger partial charge in [0.05, 0.1) is 5.56 Å². The zero-order valence-corrected chi connectivity index (χ0v) is 11.8. The summed E-state index contributed by atoms with van der Waals surface area (Å²) in [6.07, 6.45) is 3.52. The molecule has 2 rings (SSSR count). The highest BCUT2D eigenvalue weighted by molar-refractivity contribution is 9.10. The number of anilines is 1. The standard InChI is InChI=1S/C13H18BrN3O/c14-10-5-3-6-11(12(10)13(15)18)17-9-4-1-2-7-16-8-9/h3,5-6,9,16-17H,1-2,4,7-8H2,(H2,15,18). The van der Waals surface area contributed by atoms with Crippen LogP contribution in [0.25, 0.3) is 0 Å². The second-order valence-electron chi connectivity index (χ2n) is 4.57. The van der Waals surface area contributed by atoms with Crippen molar-refractivity contribution in [2.45, 2.75) is 25.3 Å². The average molecular weight is 312 g/mol. The molecule has 1 aromatic carbocycles. The second kappa shape index (κ2) is 6.20. The van der Waals surface area contributed by atoms with E-state index in [1.807, 2.05) is 18.2 Å². The Hall–Kier alpha value is -1.07. The number of primary amides is 1. The maximum Gasteiger partial charge on any atom is 0.251 e. The number of halogens is 1. The van der Waals surface area contributed by atoms with Crippen molar-refractivity contribution in [3.05, 3.63) is 28.2 Å². The van der Waals surface area contributed by atoms with Crippen molar-refractivity contribution in [1.29, 1.82) is 0 Å². The van der Waals surface area contributed by atoms with Gasteiger partial charge in [0.25, 0.3) is 5.91 Å². The molecule has 0 aliphatic carbocycles. The van der Waals surface area contributed by atoms with E-state index in [1.54, 1.807) is 0 Å². The van der Waals surface area contributed by atoms with Gasteiger partial charge in [0, 0.05) is 22.7 Å². The molecule has 0 bridgehead atoms. The molecular weight excluding hydrogens is 294 g/mol. The lowest BCUT2D eigenvalue weighted by Gasteiger charge is -2.20. The predicted molar refractivity (Wildman–Crippen MR) is 76.8 cm³/mol. The summed E-state index contributed by atoms with van der Waals surface area (Å²) in [4.78, 5) is 11.5. The van der Waals surface area contributed by atoms with Crippen LogP contribution in [0, 0.1) is 0 Å². The molecule has 4 N–H and O–H groups in total. The van der Waals surface area contributed by atoms with Gasteiger partial charge >= 0.3 is 0 Å². The summed E-state index contributed by atoms with van der Waals surface area (Å²) in [5.41, 5.74) is 6.77. The van der Waals surface area contributed by atoms with Gasteiger partial charge in [0.1, 0.15) is 0 Å². The van der Waals surface area contributed by atoms with Crippen LogP contribution in [0.5, 0.6) is 0 Å². The fraction of sp³-hybridized carbons (Fsp3) is 0.462. The van der Waals surface area contributed by atoms with Crippen LogP contribution in [0.4, 0.5) is 5.69 Å². The quantitative estimate of drug-likeness (QED) is 0.801. The lowest BCUT2D eigenvalue weighted by atomic mass is 10.1. The maximum atomic E-state index is 11.5. The molecule has 0 aromatic heterocycles. The zero-order chi connectivity index (χ0) is 13.0. The molecule has 1 saturated heterocycles. The molecule has 0 spiro atoms. The normalized spacial score (nSPS) is 20.2. The highest BCUT2D eigenvalue weighted by Crippen LogP contribution is 2.25. The van der Waals surface area contributed by atoms with Crippen LogP contribution < -0.4 is 16.4 Å². The van der Waals surface area contributed by atoms with Crippen molar-refractivity contribution in [3.63, 3.8) is 0 Å². The number of rotatable bonds is 3. The van der Waals surface area contributed by atoms with E-state index < -0.39 is 5.91 Å². The third-order valence-electron chi connectivity index (χ3n) is 3.17. The number of carbonyl (C=O) groups excluding carboxylic acids is 1. The van der Waals surface area contributed by atoms with E-state index in [9.17, 15) is 4.79 Å². The molecule has 1 aromatic rings. The summed E-state index contributed by atoms with van der Waals surface area (Å²) in [6, 6.07) is 5.98. The second-order valence-corrected chi connectivity index (χ2v) is 5.42. The van der Waals surface area contributed by atoms with Crippen molar-refractivity contribution in [2.75, 3.05) is 18.4 Å². The summed E-state index contributed by atoms with van der Waals surface area (Å²) in [6.45, 7) is 1.99. The van der Waals surface area contributed by atoms with Gasteiger partial charge in [-0.2, -0.15) is 0 Å². The number of nitrogens with two attached hydrogens (primary N) is 1. The molecule has 1 aliphatic heterocycles. The first kappa shape index (κ1) is 13.4. The van der Waals surface area contributed by atoms with E-state index in [4.69, 9.17) is 5.73 Å². The fourth-order valence-electron chi connectivity index (χ4n) is 2.26. The van der Waals surface area contributed by atoms with Gasteiger partial charge in [-0.05, 0) is 47.4 Å². The Morgan fingerprint density at radius 2 is 2.28 bits per heavy atom. The topological polar surface area (TPSA) is 67.2 Å². The van der Waals surface area contributed by atoms with Gasteiger partial charge < -0.3 is 16.4 Å². The van der Waals surface area contributed by atoms with Gasteiger partial charge in [0.15, 0.2) is 0 Å². The minimum absolute atomic E-state index is 0.347. The Bertz CT molecular complexity index is 428. The molecule has 0 saturated carbocycles. The van der Waals surface area contributed by atoms with Gasteiger partial charge in [0.2, 0.25) is 0 Å². The fourth-order valence-corrected chi connectivity index (χ4v) is 2.82. The number of carbonyl (C=O) groups is 1. The predicted octanol–water partition coefficient (Wildman–Crippen LogP) is 2.10. The lowest BCUT2D eigenvalue weighted by Crippen LogP contribution is -2.31. The van der Waals surface area contributed by atoms with Crippen LogP contribution in [-0.2, 0) is 0 Å². The first-order valence-corrected chi connectivity index (χ1v) is 7.03. The molecule has 18 heavy (non-hydrogen) atoms. The average Bonchev–Trinajstić information content (AvgIpc) is 2.57. The SMILES string of the molecule is NC(=O)c1c(Br)cccc1NC1CCCCNC1. The molecular formula is C13H18BrN3O. The van der Waals surface area contributed by atoms with E-state index in [0.29, 0.717) is 11.6 Å². The Kier molecular flexibility index (Phi) is 4.60. The van der Waals surface area contributed by atoms with Crippen LogP contribution >= 0.6 is 15.9 Å². The van der Waals surface area contributed by atoms with E-state index in [1.165, 1.54) is 12.8 Å². The van der Waals surface area contributed by atoms with E-state index in [-0.39, 0.29) is 0 Å². The Labute approximate surface area is 115 Å². The minimum atomic E-state index is -0.411. The molecule has 1 unspecified atom stereocenters. The number of hydrogen-bond acceptors (Lipinski definition) is 3. The number of nitrogens with one attached hydrogen (secondary N) is 2. The van der Waals surface area contributed by atoms with Crippen molar-refractivity contribution in [2.24, 2.45) is 5.73 Å². The van der Waals surface area contributed by atoms with Crippen LogP contribution in [0.1, 0.15) is 29.6 Å². The van der Waals surface area contributed by atoms with Crippen molar-refractivity contribution in [3.8, 4) is 0 Å². The zero-order valence-electron chi connectivity index (χ0n) is 10.2. The maximum absolute atomic E-state index is 11.5. The van der Waals surface area contributed by atoms with Crippen LogP contribution in [-0.4, -0.2) is 25.0 Å². The largest absolute Gasteiger partial charge is 0.380 e. The first-order chi connectivity index (χ1) is 8.68. The third-order valence-corrected chi connectivity index (χ3v) is 3.83. The van der Waals surface area contributed by atoms with E-state index in [0.717, 1.165) is 29.7 Å². The summed E-state index contributed by atoms with van der Waals surface area (Å²) in [7, 11) is 0. The van der Waals surface area contributed by atoms with E-state index >= 15 is 0 Å². The van der Waals surface area contributed by atoms with Crippen molar-refractivity contribution < 1.29 is 4.79 Å². The van der Waals surface area contributed by atoms with Crippen LogP contribution in [0.15, 0.2) is 22.7 Å². The summed E-state index contributed by atoms with van der Waals surface area (Å²) in [5.74, 6) is -0.411. The van der Waals surface area contributed by atoms with Gasteiger partial charge in [-0.1, -0.05) is 12.5 Å². The van der Waals surface area contributed by atoms with Gasteiger partial charge in [-0.15, -0.1) is 0 Å². The van der Waals surface area contributed by atoms with Crippen LogP contribution in [0.2, 0.25) is 0 Å². The number of benzene rings is 1. The lowest BCUT2D eigenvalue weighted by molar-refractivity contribution is 0.100. The Balaban J connectivity index is 2.17. The Morgan fingerprint density at radius 1 is 1.44 bits per heavy atom. The monoisotopic (exact) mass is 311 g/mol. The summed E-state index contributed by atoms with van der Waals surface area (Å²) >= 11 is 3.37. The number of amides is 1. The van der Waals surface area contributed by atoms with Gasteiger partial charge in [-0.25, -0.2) is 0 Å². The van der Waals surface area contributed by atoms with E-state index in [2.05, 4.69) is 26.6 Å². The first-order valence-electron chi connectivity index (χ1n) is 6.24. The molecule has 1 amide bonds. The molecule has 1 heterocycles. The molecule has 1 atom stereocenters. The van der Waals surface area contributed by atoms with Crippen molar-refractivity contribution in [1.82, 2.24) is 5.32 Å². The molecule has 1 aliphatic rings. The number of hydrogen-bond donors (Lipinski definition) is 3. The summed E-state index contributed by atoms with van der Waals surface area (Å²) < 4.78 is 0.738. The smallest absolute Gasteiger partial charge is 0.251 e. The molecule has 4 nitrogen and oxygen atoms in total. The highest BCUT2D eigenvalue weighted by atomic mass is 79.9. The Morgan fingerprint density at radius 3 is 3.06 bits per heavy atom. The molecule has 1 fully saturated rings. The highest BCUT2D eigenvalue weighted by Gasteiger charge is 2.16. The minimum Gasteiger partial charge on any atom is -0.380 e. The molecule has 5 heteroatoms. The summed E-state index contributed by atoms with van der Waals surface area (Å²) in [5, 5.41) is 6.81. The van der Waals surface area contributed by atoms with Crippen molar-refractivity contribution >= 4 is 27.5 Å². The van der Waals surface area contributed by atoms with Crippen LogP contribution in [0.3, 0.4) is 0 Å².